The Hall–Kier alpha value is -0.770. The van der Waals surface area contributed by atoms with Gasteiger partial charge in [-0.05, 0) is 45.4 Å². The summed E-state index contributed by atoms with van der Waals surface area (Å²) >= 11 is 0. The van der Waals surface area contributed by atoms with E-state index in [1.807, 2.05) is 20.8 Å². The van der Waals surface area contributed by atoms with Gasteiger partial charge in [0.05, 0.1) is 0 Å². The van der Waals surface area contributed by atoms with E-state index in [9.17, 15) is 4.79 Å². The Balaban J connectivity index is 2.55. The Morgan fingerprint density at radius 1 is 1.47 bits per heavy atom. The number of hydrogen-bond acceptors (Lipinski definition) is 3. The third-order valence-electron chi connectivity index (χ3n) is 3.72. The topological polar surface area (TPSA) is 64.3 Å². The zero-order chi connectivity index (χ0) is 13.1. The fourth-order valence-corrected chi connectivity index (χ4v) is 2.49. The normalized spacial score (nSPS) is 20.3. The van der Waals surface area contributed by atoms with E-state index in [2.05, 4.69) is 12.2 Å². The Morgan fingerprint density at radius 2 is 2.06 bits per heavy atom. The van der Waals surface area contributed by atoms with Crippen LogP contribution >= 0.6 is 0 Å². The first kappa shape index (κ1) is 14.3. The second kappa shape index (κ2) is 5.25. The van der Waals surface area contributed by atoms with Crippen molar-refractivity contribution < 1.29 is 9.53 Å². The Kier molecular flexibility index (Phi) is 4.42. The van der Waals surface area contributed by atoms with Crippen molar-refractivity contribution in [1.29, 1.82) is 0 Å². The molecule has 0 spiro atoms. The molecule has 0 aromatic carbocycles. The van der Waals surface area contributed by atoms with Crippen molar-refractivity contribution >= 4 is 6.09 Å². The lowest BCUT2D eigenvalue weighted by molar-refractivity contribution is 0.0301. The first-order valence-corrected chi connectivity index (χ1v) is 6.52. The van der Waals surface area contributed by atoms with Gasteiger partial charge in [-0.25, -0.2) is 4.79 Å². The molecular formula is C13H26N2O2. The van der Waals surface area contributed by atoms with Crippen LogP contribution in [0.25, 0.3) is 0 Å². The van der Waals surface area contributed by atoms with Crippen molar-refractivity contribution in [3.63, 3.8) is 0 Å². The maximum absolute atomic E-state index is 11.7. The third kappa shape index (κ3) is 3.60. The molecule has 0 bridgehead atoms. The summed E-state index contributed by atoms with van der Waals surface area (Å²) in [4.78, 5) is 11.7. The minimum atomic E-state index is -0.456. The molecule has 0 aromatic rings. The number of nitrogens with two attached hydrogens (primary N) is 1. The van der Waals surface area contributed by atoms with Gasteiger partial charge in [0, 0.05) is 12.6 Å². The lowest BCUT2D eigenvalue weighted by Crippen LogP contribution is -2.55. The van der Waals surface area contributed by atoms with Crippen LogP contribution in [0.2, 0.25) is 0 Å². The van der Waals surface area contributed by atoms with E-state index in [0.29, 0.717) is 6.54 Å². The van der Waals surface area contributed by atoms with E-state index in [4.69, 9.17) is 10.5 Å². The predicted molar refractivity (Wildman–Crippen MR) is 68.8 cm³/mol. The quantitative estimate of drug-likeness (QED) is 0.795. The van der Waals surface area contributed by atoms with Gasteiger partial charge in [0.2, 0.25) is 0 Å². The van der Waals surface area contributed by atoms with E-state index in [1.54, 1.807) is 0 Å². The zero-order valence-corrected chi connectivity index (χ0v) is 11.5. The van der Waals surface area contributed by atoms with Crippen LogP contribution in [0.4, 0.5) is 4.79 Å². The molecule has 100 valence electrons. The van der Waals surface area contributed by atoms with E-state index >= 15 is 0 Å². The van der Waals surface area contributed by atoms with Gasteiger partial charge in [0.25, 0.3) is 0 Å². The van der Waals surface area contributed by atoms with Gasteiger partial charge in [-0.2, -0.15) is 0 Å². The highest BCUT2D eigenvalue weighted by Crippen LogP contribution is 2.46. The number of amides is 1. The molecule has 1 aliphatic rings. The molecule has 1 saturated carbocycles. The second-order valence-electron chi connectivity index (χ2n) is 6.00. The summed E-state index contributed by atoms with van der Waals surface area (Å²) in [7, 11) is 0. The van der Waals surface area contributed by atoms with Crippen molar-refractivity contribution in [3.05, 3.63) is 0 Å². The largest absolute Gasteiger partial charge is 0.444 e. The van der Waals surface area contributed by atoms with Crippen LogP contribution in [-0.4, -0.2) is 24.3 Å². The summed E-state index contributed by atoms with van der Waals surface area (Å²) in [5, 5.41) is 2.93. The van der Waals surface area contributed by atoms with Gasteiger partial charge in [-0.15, -0.1) is 0 Å². The number of alkyl carbamates (subject to hydrolysis) is 1. The standard InChI is InChI=1S/C13H26N2O2/c1-5-13(7-6-8-13)10(9-14)15-11(16)17-12(2,3)4/h10H,5-9,14H2,1-4H3,(H,15,16). The average Bonchev–Trinajstić information content (AvgIpc) is 2.12. The van der Waals surface area contributed by atoms with Crippen LogP contribution in [-0.2, 0) is 4.74 Å². The first-order valence-electron chi connectivity index (χ1n) is 6.52. The Morgan fingerprint density at radius 3 is 2.35 bits per heavy atom. The molecule has 4 heteroatoms. The number of nitrogens with one attached hydrogen (secondary N) is 1. The maximum Gasteiger partial charge on any atom is 0.407 e. The van der Waals surface area contributed by atoms with Crippen molar-refractivity contribution in [2.75, 3.05) is 6.54 Å². The van der Waals surface area contributed by atoms with Gasteiger partial charge in [-0.3, -0.25) is 0 Å². The van der Waals surface area contributed by atoms with Crippen molar-refractivity contribution in [2.45, 2.75) is 65.0 Å². The molecule has 4 nitrogen and oxygen atoms in total. The van der Waals surface area contributed by atoms with Crippen molar-refractivity contribution in [1.82, 2.24) is 5.32 Å². The molecule has 17 heavy (non-hydrogen) atoms. The van der Waals surface area contributed by atoms with Crippen LogP contribution in [0.5, 0.6) is 0 Å². The molecular weight excluding hydrogens is 216 g/mol. The lowest BCUT2D eigenvalue weighted by Gasteiger charge is -2.47. The average molecular weight is 242 g/mol. The van der Waals surface area contributed by atoms with Gasteiger partial charge in [-0.1, -0.05) is 13.3 Å². The molecule has 3 N–H and O–H groups in total. The zero-order valence-electron chi connectivity index (χ0n) is 11.5. The summed E-state index contributed by atoms with van der Waals surface area (Å²) in [5.74, 6) is 0. The smallest absolute Gasteiger partial charge is 0.407 e. The molecule has 0 radical (unpaired) electrons. The molecule has 1 amide bonds. The highest BCUT2D eigenvalue weighted by molar-refractivity contribution is 5.68. The number of hydrogen-bond donors (Lipinski definition) is 2. The number of carbonyl (C=O) groups is 1. The Bertz CT molecular complexity index is 262. The Labute approximate surface area is 104 Å². The van der Waals surface area contributed by atoms with Crippen LogP contribution in [0.3, 0.4) is 0 Å². The summed E-state index contributed by atoms with van der Waals surface area (Å²) in [6.45, 7) is 8.24. The first-order chi connectivity index (χ1) is 7.83. The third-order valence-corrected chi connectivity index (χ3v) is 3.72. The summed E-state index contributed by atoms with van der Waals surface area (Å²) < 4.78 is 5.27. The molecule has 1 aliphatic carbocycles. The van der Waals surface area contributed by atoms with Crippen LogP contribution in [0.15, 0.2) is 0 Å². The van der Waals surface area contributed by atoms with Gasteiger partial charge in [0.15, 0.2) is 0 Å². The fourth-order valence-electron chi connectivity index (χ4n) is 2.49. The molecule has 1 atom stereocenters. The van der Waals surface area contributed by atoms with Crippen LogP contribution < -0.4 is 11.1 Å². The molecule has 0 aromatic heterocycles. The summed E-state index contributed by atoms with van der Waals surface area (Å²) in [6.07, 6.45) is 4.25. The summed E-state index contributed by atoms with van der Waals surface area (Å²) in [6, 6.07) is 0.0381. The van der Waals surface area contributed by atoms with E-state index in [1.165, 1.54) is 6.42 Å². The number of carbonyl (C=O) groups excluding carboxylic acids is 1. The predicted octanol–water partition coefficient (Wildman–Crippen LogP) is 2.42. The minimum absolute atomic E-state index is 0.0381. The molecule has 1 fully saturated rings. The molecule has 0 heterocycles. The molecule has 1 rings (SSSR count). The van der Waals surface area contributed by atoms with Crippen LogP contribution in [0, 0.1) is 5.41 Å². The molecule has 0 saturated heterocycles. The maximum atomic E-state index is 11.7. The van der Waals surface area contributed by atoms with Crippen LogP contribution in [0.1, 0.15) is 53.4 Å². The number of ether oxygens (including phenoxy) is 1. The fraction of sp³-hybridized carbons (Fsp3) is 0.923. The van der Waals surface area contributed by atoms with E-state index in [-0.39, 0.29) is 17.6 Å². The molecule has 1 unspecified atom stereocenters. The van der Waals surface area contributed by atoms with Gasteiger partial charge >= 0.3 is 6.09 Å². The lowest BCUT2D eigenvalue weighted by atomic mass is 9.62. The second-order valence-corrected chi connectivity index (χ2v) is 6.00. The van der Waals surface area contributed by atoms with E-state index < -0.39 is 5.60 Å². The highest BCUT2D eigenvalue weighted by atomic mass is 16.6. The summed E-state index contributed by atoms with van der Waals surface area (Å²) in [5.41, 5.74) is 5.53. The van der Waals surface area contributed by atoms with Gasteiger partial charge < -0.3 is 15.8 Å². The minimum Gasteiger partial charge on any atom is -0.444 e. The molecule has 0 aliphatic heterocycles. The monoisotopic (exact) mass is 242 g/mol. The SMILES string of the molecule is CCC1(C(CN)NC(=O)OC(C)(C)C)CCC1. The highest BCUT2D eigenvalue weighted by Gasteiger charge is 2.42. The van der Waals surface area contributed by atoms with Crippen molar-refractivity contribution in [3.8, 4) is 0 Å². The van der Waals surface area contributed by atoms with Gasteiger partial charge in [0.1, 0.15) is 5.60 Å². The van der Waals surface area contributed by atoms with Crippen molar-refractivity contribution in [2.24, 2.45) is 11.1 Å². The van der Waals surface area contributed by atoms with E-state index in [0.717, 1.165) is 19.3 Å². The number of rotatable bonds is 4.